The molecule has 3 atom stereocenters. The van der Waals surface area contributed by atoms with Crippen LogP contribution in [0.4, 0.5) is 0 Å². The molecule has 0 heteroatoms. The summed E-state index contributed by atoms with van der Waals surface area (Å²) in [5, 5.41) is 0. The fourth-order valence-electron chi connectivity index (χ4n) is 8.67. The molecular formula is C55H76. The molecule has 0 N–H and O–H groups in total. The summed E-state index contributed by atoms with van der Waals surface area (Å²) in [6, 6.07) is 23.1. The van der Waals surface area contributed by atoms with Gasteiger partial charge in [0, 0.05) is 5.92 Å². The van der Waals surface area contributed by atoms with E-state index in [1.165, 1.54) is 95.0 Å². The van der Waals surface area contributed by atoms with Crippen molar-refractivity contribution in [3.8, 4) is 12.3 Å². The van der Waals surface area contributed by atoms with Crippen molar-refractivity contribution in [2.45, 2.75) is 158 Å². The van der Waals surface area contributed by atoms with Crippen molar-refractivity contribution < 1.29 is 0 Å². The standard InChI is InChI=1S/C44H56.C9H14.C2H6/c1-11-16-36(12-2)19-20-37-21-23-40(33(6)27-37)41(35(8)39-18-14-13-17-32(39)5)29-43(9)25-15-26-44(10,30-43)42-24-22-38(31(3)4)28-34(42)7;1-4-6-7-8-9(3)5-2;1-2/h11-14,16-24,27-28,31,41H,8,15,25-26,29-30H2,1-7,9-10H3;2H,3-4,6-8H2,1H3;1-2H3/b16-11-,20-19+,36-12+;;. The summed E-state index contributed by atoms with van der Waals surface area (Å²) in [6.45, 7) is 35.4. The zero-order chi connectivity index (χ0) is 41.2. The first-order valence-electron chi connectivity index (χ1n) is 21.3. The minimum absolute atomic E-state index is 0.183. The lowest BCUT2D eigenvalue weighted by atomic mass is 9.57. The SMILES string of the molecule is C#CC(=C)CCCCC.C=C(c1ccccc1C)C(CC1(C)CCCC(C)(c2ccc(C(C)C)cc2C)C1)c1ccc(/C=C/C(/C=C\C)=C/C)cc1C.CC. The van der Waals surface area contributed by atoms with Gasteiger partial charge in [-0.05, 0) is 151 Å². The van der Waals surface area contributed by atoms with Gasteiger partial charge in [0.1, 0.15) is 0 Å². The highest BCUT2D eigenvalue weighted by atomic mass is 14.5. The number of hydrogen-bond acceptors (Lipinski definition) is 0. The molecule has 3 aromatic carbocycles. The highest BCUT2D eigenvalue weighted by molar-refractivity contribution is 5.73. The highest BCUT2D eigenvalue weighted by Gasteiger charge is 2.42. The Hall–Kier alpha value is -4.08. The molecule has 1 saturated carbocycles. The van der Waals surface area contributed by atoms with Crippen LogP contribution in [0.2, 0.25) is 0 Å². The normalized spacial score (nSPS) is 18.9. The van der Waals surface area contributed by atoms with Gasteiger partial charge in [-0.25, -0.2) is 0 Å². The molecule has 0 radical (unpaired) electrons. The molecule has 0 saturated heterocycles. The summed E-state index contributed by atoms with van der Waals surface area (Å²) in [6.07, 6.45) is 26.8. The van der Waals surface area contributed by atoms with E-state index < -0.39 is 0 Å². The molecule has 1 fully saturated rings. The van der Waals surface area contributed by atoms with Gasteiger partial charge in [-0.2, -0.15) is 0 Å². The maximum absolute atomic E-state index is 5.10. The number of allylic oxidation sites excluding steroid dienone is 7. The number of rotatable bonds is 14. The smallest absolute Gasteiger partial charge is 0.00973 e. The molecule has 3 unspecified atom stereocenters. The van der Waals surface area contributed by atoms with Crippen molar-refractivity contribution in [3.05, 3.63) is 154 Å². The predicted octanol–water partition coefficient (Wildman–Crippen LogP) is 16.8. The number of benzene rings is 3. The van der Waals surface area contributed by atoms with Crippen LogP contribution in [0.3, 0.4) is 0 Å². The van der Waals surface area contributed by atoms with Crippen LogP contribution < -0.4 is 0 Å². The Morgan fingerprint density at radius 2 is 1.58 bits per heavy atom. The Labute approximate surface area is 340 Å². The topological polar surface area (TPSA) is 0 Å². The molecule has 55 heavy (non-hydrogen) atoms. The van der Waals surface area contributed by atoms with E-state index in [-0.39, 0.29) is 16.7 Å². The van der Waals surface area contributed by atoms with Crippen LogP contribution in [-0.2, 0) is 5.41 Å². The summed E-state index contributed by atoms with van der Waals surface area (Å²) in [4.78, 5) is 0. The van der Waals surface area contributed by atoms with E-state index in [9.17, 15) is 0 Å². The Bertz CT molecular complexity index is 1810. The van der Waals surface area contributed by atoms with Crippen molar-refractivity contribution in [2.24, 2.45) is 5.41 Å². The van der Waals surface area contributed by atoms with Gasteiger partial charge in [-0.1, -0.05) is 178 Å². The molecule has 0 aromatic heterocycles. The van der Waals surface area contributed by atoms with Crippen LogP contribution in [0.5, 0.6) is 0 Å². The van der Waals surface area contributed by atoms with Gasteiger partial charge in [0.15, 0.2) is 0 Å². The summed E-state index contributed by atoms with van der Waals surface area (Å²) in [7, 11) is 0. The highest BCUT2D eigenvalue weighted by Crippen LogP contribution is 2.54. The fraction of sp³-hybridized carbons (Fsp3) is 0.455. The third kappa shape index (κ3) is 13.9. The first-order chi connectivity index (χ1) is 26.2. The average molecular weight is 737 g/mol. The van der Waals surface area contributed by atoms with E-state index in [2.05, 4.69) is 173 Å². The molecule has 0 bridgehead atoms. The van der Waals surface area contributed by atoms with Crippen molar-refractivity contribution in [2.75, 3.05) is 0 Å². The monoisotopic (exact) mass is 737 g/mol. The summed E-state index contributed by atoms with van der Waals surface area (Å²) >= 11 is 0. The van der Waals surface area contributed by atoms with Crippen LogP contribution in [0, 0.1) is 38.5 Å². The molecule has 1 aliphatic rings. The number of terminal acetylenes is 1. The summed E-state index contributed by atoms with van der Waals surface area (Å²) in [5.41, 5.74) is 14.9. The van der Waals surface area contributed by atoms with E-state index in [0.29, 0.717) is 5.92 Å². The maximum Gasteiger partial charge on any atom is 0.00973 e. The van der Waals surface area contributed by atoms with Crippen LogP contribution in [0.25, 0.3) is 11.6 Å². The summed E-state index contributed by atoms with van der Waals surface area (Å²) < 4.78 is 0. The molecule has 3 aromatic rings. The molecule has 0 nitrogen and oxygen atoms in total. The Balaban J connectivity index is 0.000000834. The second kappa shape index (κ2) is 23.1. The van der Waals surface area contributed by atoms with Crippen molar-refractivity contribution in [1.29, 1.82) is 0 Å². The lowest BCUT2D eigenvalue weighted by molar-refractivity contribution is 0.125. The molecule has 1 aliphatic carbocycles. The molecule has 0 aliphatic heterocycles. The number of unbranched alkanes of at least 4 members (excludes halogenated alkanes) is 2. The van der Waals surface area contributed by atoms with Gasteiger partial charge in [-0.3, -0.25) is 0 Å². The summed E-state index contributed by atoms with van der Waals surface area (Å²) in [5.74, 6) is 3.35. The van der Waals surface area contributed by atoms with Gasteiger partial charge in [0.2, 0.25) is 0 Å². The third-order valence-electron chi connectivity index (χ3n) is 11.6. The van der Waals surface area contributed by atoms with E-state index >= 15 is 0 Å². The zero-order valence-electron chi connectivity index (χ0n) is 37.2. The fourth-order valence-corrected chi connectivity index (χ4v) is 8.67. The maximum atomic E-state index is 5.10. The largest absolute Gasteiger partial charge is 0.115 e. The third-order valence-corrected chi connectivity index (χ3v) is 11.6. The van der Waals surface area contributed by atoms with Gasteiger partial charge >= 0.3 is 0 Å². The van der Waals surface area contributed by atoms with Crippen LogP contribution in [-0.4, -0.2) is 0 Å². The second-order valence-corrected chi connectivity index (χ2v) is 16.7. The van der Waals surface area contributed by atoms with Crippen molar-refractivity contribution >= 4 is 11.6 Å². The van der Waals surface area contributed by atoms with Crippen molar-refractivity contribution in [3.63, 3.8) is 0 Å². The van der Waals surface area contributed by atoms with Crippen LogP contribution in [0.1, 0.15) is 176 Å². The van der Waals surface area contributed by atoms with E-state index in [1.54, 1.807) is 5.56 Å². The molecular weight excluding hydrogens is 661 g/mol. The van der Waals surface area contributed by atoms with Gasteiger partial charge < -0.3 is 0 Å². The predicted molar refractivity (Wildman–Crippen MR) is 249 cm³/mol. The van der Waals surface area contributed by atoms with Gasteiger partial charge in [0.25, 0.3) is 0 Å². The number of hydrogen-bond donors (Lipinski definition) is 0. The zero-order valence-corrected chi connectivity index (χ0v) is 37.2. The average Bonchev–Trinajstić information content (AvgIpc) is 3.16. The quantitative estimate of drug-likeness (QED) is 0.0878. The van der Waals surface area contributed by atoms with Gasteiger partial charge in [-0.15, -0.1) is 6.42 Å². The number of aryl methyl sites for hydroxylation is 3. The Morgan fingerprint density at radius 3 is 2.16 bits per heavy atom. The minimum Gasteiger partial charge on any atom is -0.115 e. The lowest BCUT2D eigenvalue weighted by Crippen LogP contribution is -2.37. The lowest BCUT2D eigenvalue weighted by Gasteiger charge is -2.47. The Kier molecular flexibility index (Phi) is 19.8. The van der Waals surface area contributed by atoms with Gasteiger partial charge in [0.05, 0.1) is 0 Å². The minimum atomic E-state index is 0.183. The first-order valence-corrected chi connectivity index (χ1v) is 21.3. The first kappa shape index (κ1) is 47.1. The molecule has 0 spiro atoms. The van der Waals surface area contributed by atoms with Crippen molar-refractivity contribution in [1.82, 2.24) is 0 Å². The van der Waals surface area contributed by atoms with Crippen LogP contribution in [0.15, 0.2) is 109 Å². The van der Waals surface area contributed by atoms with Crippen LogP contribution >= 0.6 is 0 Å². The molecule has 0 amide bonds. The molecule has 0 heterocycles. The Morgan fingerprint density at radius 1 is 0.873 bits per heavy atom. The second-order valence-electron chi connectivity index (χ2n) is 16.7. The molecule has 296 valence electrons. The molecule has 4 rings (SSSR count). The van der Waals surface area contributed by atoms with E-state index in [4.69, 9.17) is 13.0 Å². The van der Waals surface area contributed by atoms with E-state index in [0.717, 1.165) is 18.4 Å². The van der Waals surface area contributed by atoms with E-state index in [1.807, 2.05) is 13.8 Å².